The van der Waals surface area contributed by atoms with Crippen LogP contribution in [0.4, 0.5) is 17.1 Å². The van der Waals surface area contributed by atoms with Gasteiger partial charge in [-0.3, -0.25) is 0 Å². The molecule has 0 amide bonds. The number of rotatable bonds is 8. The maximum Gasteiger partial charge on any atom is 0.247 e. The van der Waals surface area contributed by atoms with E-state index in [9.17, 15) is 10.5 Å². The number of anilines is 3. The van der Waals surface area contributed by atoms with Gasteiger partial charge >= 0.3 is 0 Å². The lowest BCUT2D eigenvalue weighted by Crippen LogP contribution is -2.62. The quantitative estimate of drug-likeness (QED) is 0.142. The first-order valence-corrected chi connectivity index (χ1v) is 41.3. The van der Waals surface area contributed by atoms with Gasteiger partial charge in [-0.05, 0) is 229 Å². The number of para-hydroxylation sites is 4. The van der Waals surface area contributed by atoms with Crippen LogP contribution in [0, 0.1) is 22.7 Å². The molecule has 13 aromatic carbocycles. The Morgan fingerprint density at radius 2 is 0.635 bits per heavy atom. The Kier molecular flexibility index (Phi) is 17.8. The smallest absolute Gasteiger partial charge is 0.247 e. The molecule has 17 rings (SSSR count). The summed E-state index contributed by atoms with van der Waals surface area (Å²) in [7, 11) is 0. The lowest BCUT2D eigenvalue weighted by atomic mass is 9.31. The molecular weight excluding hydrogens is 1390 g/mol. The van der Waals surface area contributed by atoms with Crippen molar-refractivity contribution in [2.45, 2.75) is 189 Å². The van der Waals surface area contributed by atoms with Gasteiger partial charge in [0.15, 0.2) is 0 Å². The van der Waals surface area contributed by atoms with Crippen LogP contribution >= 0.6 is 0 Å². The number of hydrogen-bond donors (Lipinski definition) is 0. The molecule has 2 aliphatic heterocycles. The van der Waals surface area contributed by atoms with E-state index >= 15 is 0 Å². The highest BCUT2D eigenvalue weighted by molar-refractivity contribution is 6.99. The van der Waals surface area contributed by atoms with Gasteiger partial charge in [0.2, 0.25) is 6.71 Å². The second-order valence-corrected chi connectivity index (χ2v) is 40.1. The number of nitrogens with zero attached hydrogens (tertiary/aromatic N) is 5. The highest BCUT2D eigenvalue weighted by Gasteiger charge is 2.48. The Balaban J connectivity index is 1.12. The third kappa shape index (κ3) is 13.1. The second-order valence-electron chi connectivity index (χ2n) is 40.1. The van der Waals surface area contributed by atoms with E-state index in [2.05, 4.69) is 414 Å². The Morgan fingerprint density at radius 1 is 0.287 bits per heavy atom. The molecule has 0 saturated heterocycles. The first-order chi connectivity index (χ1) is 54.3. The molecule has 570 valence electrons. The molecule has 0 fully saturated rings. The minimum absolute atomic E-state index is 0.205. The molecule has 0 N–H and O–H groups in total. The van der Waals surface area contributed by atoms with E-state index in [1.807, 2.05) is 12.1 Å². The van der Waals surface area contributed by atoms with E-state index in [-0.39, 0.29) is 39.2 Å². The predicted octanol–water partition coefficient (Wildman–Crippen LogP) is 27.2. The third-order valence-electron chi connectivity index (χ3n) is 24.9. The van der Waals surface area contributed by atoms with Crippen LogP contribution < -0.4 is 21.3 Å². The first-order valence-electron chi connectivity index (χ1n) is 41.3. The fourth-order valence-corrected chi connectivity index (χ4v) is 18.3. The van der Waals surface area contributed by atoms with E-state index in [4.69, 9.17) is 0 Å². The van der Waals surface area contributed by atoms with E-state index in [1.54, 1.807) is 0 Å². The van der Waals surface area contributed by atoms with Crippen LogP contribution in [0.25, 0.3) is 99.5 Å². The molecular formula is C109H106BN5. The average Bonchev–Trinajstić information content (AvgIpc) is 1.49. The van der Waals surface area contributed by atoms with Crippen LogP contribution in [0.3, 0.4) is 0 Å². The van der Waals surface area contributed by atoms with Gasteiger partial charge in [-0.25, -0.2) is 0 Å². The topological polar surface area (TPSA) is 60.7 Å². The lowest BCUT2D eigenvalue weighted by Gasteiger charge is -2.45. The van der Waals surface area contributed by atoms with Crippen LogP contribution in [-0.2, 0) is 37.9 Å². The van der Waals surface area contributed by atoms with Crippen molar-refractivity contribution in [2.75, 3.05) is 4.90 Å². The molecule has 0 saturated carbocycles. The molecule has 6 heteroatoms. The molecule has 0 aliphatic carbocycles. The van der Waals surface area contributed by atoms with Crippen molar-refractivity contribution >= 4 is 83.8 Å². The first kappa shape index (κ1) is 76.0. The standard InChI is InChI=1S/C109H106BN5/c1-103(2,3)72-50-70(51-73(54-72)104(4,5)6)86-57-76(107(13,14)15)56-85(68-34-30-32-66(48-68)64-111)99(86)100-89-62-79(113-93-40-26-22-36-81(93)82-37-23-27-41-94(82)113)44-46-91(89)110-92-47-45-80(114-95-42-28-24-38-83(95)84-39-25-29-43-96(84)114)63-97(92)115(98-61-78(109(19,20)21)60-90(100)101(98)110)102-87(69-35-31-33-67(49-69)65-112)58-77(108(16,17)18)59-88(102)71-52-74(105(7,8)9)55-75(53-71)106(10,11)12/h22-63,100H,1-21H3. The molecule has 115 heavy (non-hydrogen) atoms. The van der Waals surface area contributed by atoms with Crippen molar-refractivity contribution in [3.05, 3.63) is 322 Å². The third-order valence-corrected chi connectivity index (χ3v) is 24.9. The molecule has 4 heterocycles. The van der Waals surface area contributed by atoms with Crippen LogP contribution in [0.2, 0.25) is 0 Å². The Morgan fingerprint density at radius 3 is 1.05 bits per heavy atom. The Bertz CT molecular complexity index is 6060. The van der Waals surface area contributed by atoms with Crippen LogP contribution in [0.1, 0.15) is 218 Å². The van der Waals surface area contributed by atoms with Crippen LogP contribution in [0.5, 0.6) is 0 Å². The zero-order chi connectivity index (χ0) is 81.3. The summed E-state index contributed by atoms with van der Waals surface area (Å²) in [6.07, 6.45) is 0. The van der Waals surface area contributed by atoms with Gasteiger partial charge in [0.1, 0.15) is 0 Å². The van der Waals surface area contributed by atoms with Gasteiger partial charge in [0, 0.05) is 61.3 Å². The normalized spacial score (nSPS) is 14.0. The summed E-state index contributed by atoms with van der Waals surface area (Å²) in [6.45, 7) is 49.2. The van der Waals surface area contributed by atoms with Gasteiger partial charge in [-0.15, -0.1) is 0 Å². The van der Waals surface area contributed by atoms with Gasteiger partial charge in [0.05, 0.1) is 51.0 Å². The summed E-state index contributed by atoms with van der Waals surface area (Å²) < 4.78 is 5.00. The lowest BCUT2D eigenvalue weighted by molar-refractivity contribution is 0.568. The number of nitriles is 2. The molecule has 5 nitrogen and oxygen atoms in total. The van der Waals surface area contributed by atoms with Crippen molar-refractivity contribution < 1.29 is 0 Å². The molecule has 0 spiro atoms. The van der Waals surface area contributed by atoms with Gasteiger partial charge in [-0.2, -0.15) is 10.5 Å². The van der Waals surface area contributed by atoms with Gasteiger partial charge in [0.25, 0.3) is 0 Å². The second kappa shape index (κ2) is 27.0. The summed E-state index contributed by atoms with van der Waals surface area (Å²) in [6, 6.07) is 103. The van der Waals surface area contributed by atoms with Crippen LogP contribution in [0.15, 0.2) is 255 Å². The fourth-order valence-electron chi connectivity index (χ4n) is 18.3. The number of aromatic nitrogens is 2. The van der Waals surface area contributed by atoms with Gasteiger partial charge in [-0.1, -0.05) is 315 Å². The minimum atomic E-state index is -0.441. The zero-order valence-electron chi connectivity index (χ0n) is 71.1. The average molecular weight is 1500 g/mol. The molecule has 15 aromatic rings. The van der Waals surface area contributed by atoms with E-state index in [1.165, 1.54) is 105 Å². The molecule has 2 aromatic heterocycles. The maximum atomic E-state index is 11.1. The van der Waals surface area contributed by atoms with E-state index in [0.717, 1.165) is 83.9 Å². The molecule has 1 atom stereocenters. The Hall–Kier alpha value is -11.7. The summed E-state index contributed by atoms with van der Waals surface area (Å²) in [5, 5.41) is 27.1. The highest BCUT2D eigenvalue weighted by atomic mass is 15.2. The summed E-state index contributed by atoms with van der Waals surface area (Å²) in [4.78, 5) is 2.73. The van der Waals surface area contributed by atoms with Crippen molar-refractivity contribution in [3.63, 3.8) is 0 Å². The predicted molar refractivity (Wildman–Crippen MR) is 490 cm³/mol. The largest absolute Gasteiger partial charge is 0.310 e. The molecule has 1 unspecified atom stereocenters. The van der Waals surface area contributed by atoms with Gasteiger partial charge < -0.3 is 14.0 Å². The zero-order valence-corrected chi connectivity index (χ0v) is 71.1. The molecule has 0 bridgehead atoms. The Labute approximate surface area is 682 Å². The number of fused-ring (bicyclic) bond motifs is 10. The number of benzene rings is 13. The van der Waals surface area contributed by atoms with Crippen molar-refractivity contribution in [1.29, 1.82) is 10.5 Å². The molecule has 2 aliphatic rings. The highest BCUT2D eigenvalue weighted by Crippen LogP contribution is 2.56. The molecule has 0 radical (unpaired) electrons. The van der Waals surface area contributed by atoms with Crippen molar-refractivity contribution in [3.8, 4) is 68.0 Å². The van der Waals surface area contributed by atoms with Crippen molar-refractivity contribution in [2.24, 2.45) is 0 Å². The van der Waals surface area contributed by atoms with E-state index < -0.39 is 11.3 Å². The van der Waals surface area contributed by atoms with Crippen molar-refractivity contribution in [1.82, 2.24) is 9.13 Å². The summed E-state index contributed by atoms with van der Waals surface area (Å²) >= 11 is 0. The van der Waals surface area contributed by atoms with E-state index in [0.29, 0.717) is 11.1 Å². The number of hydrogen-bond acceptors (Lipinski definition) is 3. The maximum absolute atomic E-state index is 11.1. The SMILES string of the molecule is CC(C)(C)c1cc(-c2cc(C(C)(C)C)cc(-c3cccc(C#N)c3)c2C2c3cc(-n4c5ccccc5c5ccccc54)ccc3B3c4ccc(-n5c6ccccc6c6ccccc65)cc4N(c4c(-c5cccc(C#N)c5)cc(C(C)(C)C)cc4-c4cc(C(C)(C)C)cc(C(C)(C)C)c4)c4cc(C(C)(C)C)cc2c43)cc(C(C)(C)C)c1. The summed E-state index contributed by atoms with van der Waals surface area (Å²) in [5.41, 5.74) is 34.0. The monoisotopic (exact) mass is 1500 g/mol. The summed E-state index contributed by atoms with van der Waals surface area (Å²) in [5.74, 6) is -0.441. The van der Waals surface area contributed by atoms with Crippen LogP contribution in [-0.4, -0.2) is 15.8 Å². The fraction of sp³-hybridized carbons (Fsp3) is 0.266. The minimum Gasteiger partial charge on any atom is -0.310 e.